The number of hydrogen-bond acceptors (Lipinski definition) is 5. The van der Waals surface area contributed by atoms with Crippen molar-refractivity contribution in [2.75, 3.05) is 26.3 Å². The summed E-state index contributed by atoms with van der Waals surface area (Å²) in [6.45, 7) is 7.95. The van der Waals surface area contributed by atoms with Crippen LogP contribution in [-0.2, 0) is 14.5 Å². The fourth-order valence-electron chi connectivity index (χ4n) is 4.35. The molecule has 0 bridgehead atoms. The van der Waals surface area contributed by atoms with Crippen LogP contribution in [0, 0.1) is 0 Å². The van der Waals surface area contributed by atoms with Crippen LogP contribution in [-0.4, -0.2) is 37.7 Å². The van der Waals surface area contributed by atoms with Crippen LogP contribution >= 0.6 is 0 Å². The summed E-state index contributed by atoms with van der Waals surface area (Å²) in [6, 6.07) is 0. The summed E-state index contributed by atoms with van der Waals surface area (Å²) < 4.78 is 5.47. The highest BCUT2D eigenvalue weighted by atomic mass is 17.2. The Kier molecular flexibility index (Phi) is 33.4. The van der Waals surface area contributed by atoms with E-state index in [-0.39, 0.29) is 0 Å². The molecule has 1 unspecified atom stereocenters. The molecule has 0 aromatic heterocycles. The van der Waals surface area contributed by atoms with Gasteiger partial charge in [-0.3, -0.25) is 0 Å². The normalized spacial score (nSPS) is 12.7. The lowest BCUT2D eigenvalue weighted by atomic mass is 10.1. The topological polar surface area (TPSA) is 60.0 Å². The van der Waals surface area contributed by atoms with E-state index in [1.165, 1.54) is 109 Å². The fourth-order valence-corrected chi connectivity index (χ4v) is 4.35. The van der Waals surface area contributed by atoms with Crippen LogP contribution in [0.1, 0.15) is 155 Å². The molecule has 2 N–H and O–H groups in total. The van der Waals surface area contributed by atoms with Crippen molar-refractivity contribution in [2.45, 2.75) is 161 Å². The highest BCUT2D eigenvalue weighted by molar-refractivity contribution is 4.81. The lowest BCUT2D eigenvalue weighted by Crippen LogP contribution is -2.16. The Morgan fingerprint density at radius 2 is 1.16 bits per heavy atom. The van der Waals surface area contributed by atoms with Crippen molar-refractivity contribution in [2.24, 2.45) is 0 Å². The van der Waals surface area contributed by atoms with Crippen molar-refractivity contribution in [1.82, 2.24) is 5.32 Å². The Morgan fingerprint density at radius 1 is 0.605 bits per heavy atom. The minimum atomic E-state index is -0.610. The van der Waals surface area contributed by atoms with Crippen molar-refractivity contribution in [3.05, 3.63) is 24.5 Å². The monoisotopic (exact) mass is 539 g/mol. The molecule has 0 aliphatic carbocycles. The number of unbranched alkanes of at least 4 members (excludes halogenated alkanes) is 17. The maximum absolute atomic E-state index is 9.92. The molecule has 226 valence electrons. The second-order valence-electron chi connectivity index (χ2n) is 10.7. The number of aliphatic hydroxyl groups excluding tert-OH is 1. The van der Waals surface area contributed by atoms with Crippen LogP contribution in [0.2, 0.25) is 0 Å². The van der Waals surface area contributed by atoms with E-state index in [1.807, 2.05) is 6.08 Å². The van der Waals surface area contributed by atoms with Gasteiger partial charge in [0.05, 0.1) is 13.2 Å². The summed E-state index contributed by atoms with van der Waals surface area (Å²) in [5, 5.41) is 13.5. The molecule has 0 amide bonds. The van der Waals surface area contributed by atoms with Crippen LogP contribution in [0.15, 0.2) is 24.5 Å². The van der Waals surface area contributed by atoms with E-state index >= 15 is 0 Å². The van der Waals surface area contributed by atoms with Gasteiger partial charge in [-0.1, -0.05) is 109 Å². The Morgan fingerprint density at radius 3 is 1.82 bits per heavy atom. The number of aliphatic hydroxyl groups is 1. The predicted molar refractivity (Wildman–Crippen MR) is 163 cm³/mol. The molecule has 0 aliphatic heterocycles. The maximum atomic E-state index is 9.92. The molecule has 5 heteroatoms. The lowest BCUT2D eigenvalue weighted by Gasteiger charge is -2.10. The quantitative estimate of drug-likeness (QED) is 0.0222. The largest absolute Gasteiger partial charge is 0.368 e. The van der Waals surface area contributed by atoms with Gasteiger partial charge in [0.15, 0.2) is 6.29 Å². The SMILES string of the molecule is CCCCCCC=COOCCCCCCCCNCCCCCCCC(O)OC/C=C\CCCCCC. The van der Waals surface area contributed by atoms with E-state index in [0.717, 1.165) is 45.2 Å². The van der Waals surface area contributed by atoms with Crippen molar-refractivity contribution in [1.29, 1.82) is 0 Å². The van der Waals surface area contributed by atoms with Gasteiger partial charge in [-0.25, -0.2) is 0 Å². The minimum Gasteiger partial charge on any atom is -0.368 e. The van der Waals surface area contributed by atoms with E-state index in [2.05, 4.69) is 31.3 Å². The third-order valence-electron chi connectivity index (χ3n) is 6.86. The molecular weight excluding hydrogens is 474 g/mol. The zero-order valence-corrected chi connectivity index (χ0v) is 25.4. The summed E-state index contributed by atoms with van der Waals surface area (Å²) in [5.74, 6) is 0. The molecule has 5 nitrogen and oxygen atoms in total. The van der Waals surface area contributed by atoms with Crippen molar-refractivity contribution < 1.29 is 19.6 Å². The van der Waals surface area contributed by atoms with Gasteiger partial charge in [-0.05, 0) is 77.0 Å². The van der Waals surface area contributed by atoms with Gasteiger partial charge in [0.1, 0.15) is 6.26 Å². The van der Waals surface area contributed by atoms with Crippen LogP contribution < -0.4 is 5.32 Å². The smallest absolute Gasteiger partial charge is 0.154 e. The van der Waals surface area contributed by atoms with Crippen LogP contribution in [0.5, 0.6) is 0 Å². The van der Waals surface area contributed by atoms with E-state index in [1.54, 1.807) is 6.26 Å². The summed E-state index contributed by atoms with van der Waals surface area (Å²) in [4.78, 5) is 10.3. The van der Waals surface area contributed by atoms with Gasteiger partial charge in [0.25, 0.3) is 0 Å². The lowest BCUT2D eigenvalue weighted by molar-refractivity contribution is -0.249. The fraction of sp³-hybridized carbons (Fsp3) is 0.879. The maximum Gasteiger partial charge on any atom is 0.154 e. The van der Waals surface area contributed by atoms with Crippen LogP contribution in [0.3, 0.4) is 0 Å². The first kappa shape index (κ1) is 37.1. The number of ether oxygens (including phenoxy) is 1. The highest BCUT2D eigenvalue weighted by Crippen LogP contribution is 2.09. The molecule has 0 heterocycles. The van der Waals surface area contributed by atoms with Gasteiger partial charge in [-0.15, -0.1) is 0 Å². The predicted octanol–water partition coefficient (Wildman–Crippen LogP) is 9.55. The van der Waals surface area contributed by atoms with E-state index in [4.69, 9.17) is 14.5 Å². The molecule has 38 heavy (non-hydrogen) atoms. The van der Waals surface area contributed by atoms with E-state index in [9.17, 15) is 5.11 Å². The van der Waals surface area contributed by atoms with Crippen molar-refractivity contribution in [3.63, 3.8) is 0 Å². The van der Waals surface area contributed by atoms with Crippen LogP contribution in [0.25, 0.3) is 0 Å². The van der Waals surface area contributed by atoms with Gasteiger partial charge in [0, 0.05) is 0 Å². The first-order chi connectivity index (χ1) is 18.8. The average molecular weight is 540 g/mol. The Hall–Kier alpha value is -0.880. The van der Waals surface area contributed by atoms with Crippen molar-refractivity contribution in [3.8, 4) is 0 Å². The molecule has 1 atom stereocenters. The third-order valence-corrected chi connectivity index (χ3v) is 6.86. The van der Waals surface area contributed by atoms with E-state index in [0.29, 0.717) is 13.2 Å². The zero-order chi connectivity index (χ0) is 27.6. The minimum absolute atomic E-state index is 0.530. The number of rotatable bonds is 32. The number of allylic oxidation sites excluding steroid dienone is 2. The summed E-state index contributed by atoms with van der Waals surface area (Å²) in [7, 11) is 0. The molecule has 0 rings (SSSR count). The molecule has 0 aromatic rings. The van der Waals surface area contributed by atoms with Gasteiger partial charge in [0.2, 0.25) is 0 Å². The molecule has 0 spiro atoms. The summed E-state index contributed by atoms with van der Waals surface area (Å²) >= 11 is 0. The van der Waals surface area contributed by atoms with Crippen molar-refractivity contribution >= 4 is 0 Å². The summed E-state index contributed by atoms with van der Waals surface area (Å²) in [6.07, 6.45) is 34.1. The first-order valence-electron chi connectivity index (χ1n) is 16.4. The molecular formula is C33H65NO4. The second-order valence-corrected chi connectivity index (χ2v) is 10.7. The van der Waals surface area contributed by atoms with E-state index < -0.39 is 6.29 Å². The molecule has 0 fully saturated rings. The third kappa shape index (κ3) is 33.1. The van der Waals surface area contributed by atoms with Gasteiger partial charge >= 0.3 is 0 Å². The van der Waals surface area contributed by atoms with Gasteiger partial charge < -0.3 is 20.0 Å². The molecule has 0 aliphatic rings. The molecule has 0 saturated heterocycles. The average Bonchev–Trinajstić information content (AvgIpc) is 2.92. The molecule has 0 radical (unpaired) electrons. The zero-order valence-electron chi connectivity index (χ0n) is 25.4. The Balaban J connectivity index is 3.17. The standard InChI is InChI=1S/C33H65NO4/c1-3-5-7-9-12-18-24-30-36-33(35)27-21-15-14-17-23-29-34-28-22-16-11-13-20-26-32-38-37-31-25-19-10-8-6-4-2/h18,24-25,31,33-35H,3-17,19-23,26-30,32H2,1-2H3/b24-18-,31-25?. The summed E-state index contributed by atoms with van der Waals surface area (Å²) in [5.41, 5.74) is 0. The molecule has 0 aromatic carbocycles. The Bertz CT molecular complexity index is 484. The number of hydrogen-bond donors (Lipinski definition) is 2. The highest BCUT2D eigenvalue weighted by Gasteiger charge is 2.02. The molecule has 0 saturated carbocycles. The van der Waals surface area contributed by atoms with Crippen LogP contribution in [0.4, 0.5) is 0 Å². The Labute approximate surface area is 237 Å². The first-order valence-corrected chi connectivity index (χ1v) is 16.4. The van der Waals surface area contributed by atoms with Gasteiger partial charge in [-0.2, -0.15) is 4.89 Å². The second kappa shape index (κ2) is 34.1. The number of nitrogens with one attached hydrogen (secondary N) is 1.